The van der Waals surface area contributed by atoms with Gasteiger partial charge >= 0.3 is 5.97 Å². The number of carboxylic acid groups (broad SMARTS) is 1. The van der Waals surface area contributed by atoms with E-state index in [1.807, 2.05) is 7.05 Å². The number of nitrogens with one attached hydrogen (secondary N) is 1. The van der Waals surface area contributed by atoms with E-state index < -0.39 is 29.5 Å². The average Bonchev–Trinajstić information content (AvgIpc) is 3.34. The highest BCUT2D eigenvalue weighted by Gasteiger charge is 2.54. The summed E-state index contributed by atoms with van der Waals surface area (Å²) >= 11 is 2.68. The normalized spacial score (nSPS) is 26.0. The Morgan fingerprint density at radius 2 is 2.05 bits per heavy atom. The molecule has 1 saturated carbocycles. The molecule has 210 valence electrons. The van der Waals surface area contributed by atoms with E-state index in [9.17, 15) is 19.8 Å². The van der Waals surface area contributed by atoms with E-state index in [1.54, 1.807) is 5.38 Å². The third kappa shape index (κ3) is 5.80. The van der Waals surface area contributed by atoms with E-state index >= 15 is 0 Å². The number of nitrogen functional groups attached to an aromatic ring is 1. The molecule has 5 N–H and O–H groups in total. The molecule has 38 heavy (non-hydrogen) atoms. The molecule has 3 heterocycles. The molecule has 4 rings (SSSR count). The second kappa shape index (κ2) is 12.2. The summed E-state index contributed by atoms with van der Waals surface area (Å²) < 4.78 is 0. The Kier molecular flexibility index (Phi) is 9.22. The van der Waals surface area contributed by atoms with E-state index in [4.69, 9.17) is 10.6 Å². The second-order valence-corrected chi connectivity index (χ2v) is 12.4. The second-order valence-electron chi connectivity index (χ2n) is 10.4. The summed E-state index contributed by atoms with van der Waals surface area (Å²) in [4.78, 5) is 38.0. The topological polar surface area (TPSA) is 154 Å². The van der Waals surface area contributed by atoms with Gasteiger partial charge in [0.2, 0.25) is 0 Å². The number of carbonyl (C=O) groups excluding carboxylic acids is 1. The summed E-state index contributed by atoms with van der Waals surface area (Å²) in [6, 6.07) is -0.389. The highest BCUT2D eigenvalue weighted by atomic mass is 32.2. The molecule has 0 bridgehead atoms. The predicted molar refractivity (Wildman–Crippen MR) is 149 cm³/mol. The molecule has 2 unspecified atom stereocenters. The number of carbonyl (C=O) groups is 2. The Balaban J connectivity index is 1.45. The molecule has 5 atom stereocenters. The van der Waals surface area contributed by atoms with Crippen molar-refractivity contribution in [2.24, 2.45) is 17.0 Å². The molecule has 0 radical (unpaired) electrons. The first kappa shape index (κ1) is 28.7. The summed E-state index contributed by atoms with van der Waals surface area (Å²) in [5.74, 6) is 0.0585. The number of anilines is 1. The monoisotopic (exact) mass is 566 g/mol. The van der Waals surface area contributed by atoms with Gasteiger partial charge < -0.3 is 31.0 Å². The molecule has 2 fully saturated rings. The van der Waals surface area contributed by atoms with Crippen LogP contribution in [-0.2, 0) is 14.4 Å². The first-order chi connectivity index (χ1) is 18.1. The number of hydrogen-bond acceptors (Lipinski definition) is 11. The molecule has 13 heteroatoms. The van der Waals surface area contributed by atoms with Crippen LogP contribution in [0.3, 0.4) is 0 Å². The first-order valence-corrected chi connectivity index (χ1v) is 14.9. The molecule has 0 aromatic carbocycles. The number of rotatable bonds is 10. The third-order valence-electron chi connectivity index (χ3n) is 8.16. The number of oxime groups is 1. The van der Waals surface area contributed by atoms with Gasteiger partial charge in [-0.05, 0) is 31.4 Å². The van der Waals surface area contributed by atoms with E-state index in [-0.39, 0.29) is 22.2 Å². The number of aromatic nitrogens is 1. The van der Waals surface area contributed by atoms with Gasteiger partial charge in [-0.3, -0.25) is 9.69 Å². The molecule has 11 nitrogen and oxygen atoms in total. The Hall–Kier alpha value is -2.35. The van der Waals surface area contributed by atoms with Crippen LogP contribution in [0.1, 0.15) is 51.6 Å². The van der Waals surface area contributed by atoms with Gasteiger partial charge in [-0.15, -0.1) is 23.1 Å². The Labute approximate surface area is 231 Å². The van der Waals surface area contributed by atoms with E-state index in [1.165, 1.54) is 67.2 Å². The number of likely N-dealkylation sites (N-methyl/N-ethyl adjacent to an activating group) is 1. The molecule has 1 saturated heterocycles. The van der Waals surface area contributed by atoms with E-state index in [2.05, 4.69) is 34.2 Å². The van der Waals surface area contributed by atoms with Gasteiger partial charge in [0.15, 0.2) is 17.1 Å². The lowest BCUT2D eigenvalue weighted by Crippen LogP contribution is -2.73. The Bertz CT molecular complexity index is 1090. The number of carboxylic acids is 1. The Morgan fingerprint density at radius 3 is 2.66 bits per heavy atom. The lowest BCUT2D eigenvalue weighted by Gasteiger charge is -2.55. The van der Waals surface area contributed by atoms with Gasteiger partial charge in [0, 0.05) is 23.7 Å². The highest BCUT2D eigenvalue weighted by Crippen LogP contribution is 2.43. The molecular weight excluding hydrogens is 528 g/mol. The van der Waals surface area contributed by atoms with Crippen LogP contribution in [-0.4, -0.2) is 92.7 Å². The summed E-state index contributed by atoms with van der Waals surface area (Å²) in [6.45, 7) is 5.04. The van der Waals surface area contributed by atoms with Crippen LogP contribution < -0.4 is 11.1 Å². The zero-order valence-electron chi connectivity index (χ0n) is 22.3. The van der Waals surface area contributed by atoms with Gasteiger partial charge in [0.1, 0.15) is 29.9 Å². The minimum absolute atomic E-state index is 0.0655. The summed E-state index contributed by atoms with van der Waals surface area (Å²) in [6.07, 6.45) is 5.24. The number of thiazole rings is 1. The first-order valence-electron chi connectivity index (χ1n) is 13.0. The van der Waals surface area contributed by atoms with Gasteiger partial charge in [-0.25, -0.2) is 9.78 Å². The largest absolute Gasteiger partial charge is 0.477 e. The minimum Gasteiger partial charge on any atom is -0.477 e. The molecule has 3 aliphatic rings. The molecule has 1 amide bonds. The zero-order chi connectivity index (χ0) is 27.6. The number of nitrogens with zero attached hydrogens (tertiary/aromatic N) is 4. The number of nitrogens with two attached hydrogens (primary N) is 1. The van der Waals surface area contributed by atoms with Crippen LogP contribution in [0.5, 0.6) is 0 Å². The van der Waals surface area contributed by atoms with Crippen LogP contribution in [0.25, 0.3) is 0 Å². The van der Waals surface area contributed by atoms with Crippen molar-refractivity contribution in [1.29, 1.82) is 0 Å². The molecule has 1 aliphatic carbocycles. The fourth-order valence-electron chi connectivity index (χ4n) is 5.76. The predicted octanol–water partition coefficient (Wildman–Crippen LogP) is 2.14. The van der Waals surface area contributed by atoms with Gasteiger partial charge in [0.05, 0.1) is 0 Å². The van der Waals surface area contributed by atoms with Crippen molar-refractivity contribution in [2.45, 2.75) is 69.6 Å². The standard InChI is InChI=1S/C25H38N6O5S2/c1-13(15-8-6-5-7-9-15)14(2)30(3)10-16-11-37-23-19(22(33)31(23)20(16)24(34)35)28-21(32)18(29-36-4)17-12-38-25(26)27-17/h12-15,19,22-23,33H,5-11H2,1-4H3,(H2,26,27)(H,28,32)(H,34,35)/b29-18-/t13-,14?,19+,22?,23+/m0/s1. The summed E-state index contributed by atoms with van der Waals surface area (Å²) in [5.41, 5.74) is 6.78. The Morgan fingerprint density at radius 1 is 1.34 bits per heavy atom. The van der Waals surface area contributed by atoms with Crippen molar-refractivity contribution in [2.75, 3.05) is 32.2 Å². The molecular formula is C25H38N6O5S2. The van der Waals surface area contributed by atoms with Gasteiger partial charge in [0.25, 0.3) is 5.91 Å². The lowest BCUT2D eigenvalue weighted by atomic mass is 9.77. The summed E-state index contributed by atoms with van der Waals surface area (Å²) in [7, 11) is 3.36. The number of aliphatic hydroxyl groups excluding tert-OH is 1. The van der Waals surface area contributed by atoms with Crippen molar-refractivity contribution in [3.63, 3.8) is 0 Å². The highest BCUT2D eigenvalue weighted by molar-refractivity contribution is 8.00. The van der Waals surface area contributed by atoms with Crippen molar-refractivity contribution in [3.8, 4) is 0 Å². The molecule has 0 spiro atoms. The molecule has 1 aromatic rings. The lowest BCUT2D eigenvalue weighted by molar-refractivity contribution is -0.146. The van der Waals surface area contributed by atoms with Crippen LogP contribution in [0.2, 0.25) is 0 Å². The fourth-order valence-corrected chi connectivity index (χ4v) is 7.72. The van der Waals surface area contributed by atoms with Gasteiger partial charge in [-0.1, -0.05) is 44.2 Å². The number of aliphatic hydroxyl groups is 1. The maximum atomic E-state index is 13.0. The van der Waals surface area contributed by atoms with Crippen molar-refractivity contribution in [3.05, 3.63) is 22.3 Å². The molecule has 2 aliphatic heterocycles. The van der Waals surface area contributed by atoms with Crippen molar-refractivity contribution >= 4 is 45.8 Å². The zero-order valence-corrected chi connectivity index (χ0v) is 23.9. The van der Waals surface area contributed by atoms with E-state index in [0.29, 0.717) is 30.2 Å². The smallest absolute Gasteiger partial charge is 0.352 e. The SMILES string of the molecule is CO/N=C(\C(=O)N[C@@H]1C(O)N2C(C(=O)O)=C(CN(C)C(C)[C@H](C)C3CCCCC3)CS[C@H]12)c1csc(N)n1. The quantitative estimate of drug-likeness (QED) is 0.245. The number of aliphatic carboxylic acids is 1. The van der Waals surface area contributed by atoms with Crippen LogP contribution in [0.4, 0.5) is 5.13 Å². The average molecular weight is 567 g/mol. The fraction of sp³-hybridized carbons (Fsp3) is 0.680. The molecule has 1 aromatic heterocycles. The number of thioether (sulfide) groups is 1. The van der Waals surface area contributed by atoms with Crippen LogP contribution in [0.15, 0.2) is 21.8 Å². The van der Waals surface area contributed by atoms with Crippen molar-refractivity contribution < 1.29 is 24.6 Å². The van der Waals surface area contributed by atoms with Crippen LogP contribution in [0, 0.1) is 11.8 Å². The number of amides is 1. The van der Waals surface area contributed by atoms with Gasteiger partial charge in [-0.2, -0.15) is 0 Å². The van der Waals surface area contributed by atoms with Crippen molar-refractivity contribution in [1.82, 2.24) is 20.1 Å². The summed E-state index contributed by atoms with van der Waals surface area (Å²) in [5, 5.41) is 29.1. The number of hydrogen-bond donors (Lipinski definition) is 4. The minimum atomic E-state index is -1.19. The number of fused-ring (bicyclic) bond motifs is 1. The van der Waals surface area contributed by atoms with Crippen LogP contribution >= 0.6 is 23.1 Å². The maximum Gasteiger partial charge on any atom is 0.352 e. The maximum absolute atomic E-state index is 13.0. The third-order valence-corrected chi connectivity index (χ3v) is 10.2. The van der Waals surface area contributed by atoms with E-state index in [0.717, 1.165) is 5.57 Å².